The molecule has 2 heteroatoms. The van der Waals surface area contributed by atoms with E-state index in [1.807, 2.05) is 0 Å². The van der Waals surface area contributed by atoms with Gasteiger partial charge in [0.2, 0.25) is 0 Å². The number of aryl methyl sites for hydroxylation is 1. The summed E-state index contributed by atoms with van der Waals surface area (Å²) in [6, 6.07) is 6.81. The van der Waals surface area contributed by atoms with Crippen molar-refractivity contribution in [3.05, 3.63) is 33.8 Å². The number of rotatable bonds is 2. The molecule has 1 aromatic rings. The molecule has 0 saturated heterocycles. The van der Waals surface area contributed by atoms with E-state index in [1.54, 1.807) is 11.1 Å². The monoisotopic (exact) mass is 279 g/mol. The lowest BCUT2D eigenvalue weighted by Gasteiger charge is -2.26. The minimum Gasteiger partial charge on any atom is -0.319 e. The highest BCUT2D eigenvalue weighted by Crippen LogP contribution is 2.59. The normalized spacial score (nSPS) is 31.5. The predicted octanol–water partition coefficient (Wildman–Crippen LogP) is 3.16. The lowest BCUT2D eigenvalue weighted by molar-refractivity contribution is 0.388. The molecular formula is C14H18BrN. The minimum absolute atomic E-state index is 0.657. The maximum absolute atomic E-state index is 3.56. The standard InChI is InChI=1S/C14H18BrN/c1-16-9-12-8-14(12)5-4-10-6-13(15)3-2-11(10)7-14/h2-3,6,12,16H,4-5,7-9H2,1H3. The Bertz CT molecular complexity index is 415. The van der Waals surface area contributed by atoms with Gasteiger partial charge in [-0.15, -0.1) is 0 Å². The van der Waals surface area contributed by atoms with E-state index in [0.717, 1.165) is 5.92 Å². The summed E-state index contributed by atoms with van der Waals surface area (Å²) in [7, 11) is 2.07. The molecule has 0 amide bonds. The van der Waals surface area contributed by atoms with Crippen LogP contribution in [0.2, 0.25) is 0 Å². The fourth-order valence-electron chi connectivity index (χ4n) is 3.34. The van der Waals surface area contributed by atoms with E-state index in [2.05, 4.69) is 46.5 Å². The third-order valence-electron chi connectivity index (χ3n) is 4.41. The maximum atomic E-state index is 3.56. The van der Waals surface area contributed by atoms with Crippen molar-refractivity contribution in [3.63, 3.8) is 0 Å². The summed E-state index contributed by atoms with van der Waals surface area (Å²) in [6.07, 6.45) is 5.41. The van der Waals surface area contributed by atoms with Crippen molar-refractivity contribution < 1.29 is 0 Å². The second-order valence-electron chi connectivity index (χ2n) is 5.41. The van der Waals surface area contributed by atoms with Crippen LogP contribution in [0, 0.1) is 11.3 Å². The van der Waals surface area contributed by atoms with E-state index in [0.29, 0.717) is 5.41 Å². The van der Waals surface area contributed by atoms with Gasteiger partial charge in [-0.05, 0) is 73.9 Å². The third-order valence-corrected chi connectivity index (χ3v) is 4.91. The zero-order chi connectivity index (χ0) is 11.2. The Labute approximate surface area is 106 Å². The molecule has 2 aliphatic rings. The fourth-order valence-corrected chi connectivity index (χ4v) is 3.75. The first kappa shape index (κ1) is 10.8. The van der Waals surface area contributed by atoms with Crippen LogP contribution in [-0.2, 0) is 12.8 Å². The summed E-state index contributed by atoms with van der Waals surface area (Å²) in [4.78, 5) is 0. The molecular weight excluding hydrogens is 262 g/mol. The van der Waals surface area contributed by atoms with E-state index in [4.69, 9.17) is 0 Å². The Morgan fingerprint density at radius 3 is 3.12 bits per heavy atom. The quantitative estimate of drug-likeness (QED) is 0.877. The van der Waals surface area contributed by atoms with Gasteiger partial charge in [-0.2, -0.15) is 0 Å². The number of fused-ring (bicyclic) bond motifs is 1. The highest BCUT2D eigenvalue weighted by molar-refractivity contribution is 9.10. The van der Waals surface area contributed by atoms with Crippen LogP contribution >= 0.6 is 15.9 Å². The maximum Gasteiger partial charge on any atom is 0.0178 e. The van der Waals surface area contributed by atoms with Gasteiger partial charge in [-0.1, -0.05) is 22.0 Å². The Hall–Kier alpha value is -0.340. The molecule has 1 fully saturated rings. The molecule has 3 rings (SSSR count). The Morgan fingerprint density at radius 2 is 2.31 bits per heavy atom. The molecule has 0 aliphatic heterocycles. The van der Waals surface area contributed by atoms with Crippen molar-refractivity contribution in [2.45, 2.75) is 25.7 Å². The zero-order valence-electron chi connectivity index (χ0n) is 9.72. The predicted molar refractivity (Wildman–Crippen MR) is 70.6 cm³/mol. The molecule has 1 nitrogen and oxygen atoms in total. The summed E-state index contributed by atoms with van der Waals surface area (Å²) in [5, 5.41) is 3.33. The van der Waals surface area contributed by atoms with Gasteiger partial charge in [0.15, 0.2) is 0 Å². The van der Waals surface area contributed by atoms with E-state index < -0.39 is 0 Å². The molecule has 0 bridgehead atoms. The van der Waals surface area contributed by atoms with Gasteiger partial charge >= 0.3 is 0 Å². The molecule has 0 radical (unpaired) electrons. The van der Waals surface area contributed by atoms with Gasteiger partial charge in [0.1, 0.15) is 0 Å². The molecule has 0 aromatic heterocycles. The number of nitrogens with one attached hydrogen (secondary N) is 1. The lowest BCUT2D eigenvalue weighted by Crippen LogP contribution is -2.21. The van der Waals surface area contributed by atoms with Crippen molar-refractivity contribution in [3.8, 4) is 0 Å². The van der Waals surface area contributed by atoms with Crippen LogP contribution in [-0.4, -0.2) is 13.6 Å². The van der Waals surface area contributed by atoms with Gasteiger partial charge in [-0.3, -0.25) is 0 Å². The molecule has 2 aliphatic carbocycles. The van der Waals surface area contributed by atoms with Crippen molar-refractivity contribution in [1.29, 1.82) is 0 Å². The Balaban J connectivity index is 1.80. The van der Waals surface area contributed by atoms with Crippen LogP contribution < -0.4 is 5.32 Å². The topological polar surface area (TPSA) is 12.0 Å². The first-order chi connectivity index (χ1) is 7.73. The Morgan fingerprint density at radius 1 is 1.44 bits per heavy atom. The highest BCUT2D eigenvalue weighted by atomic mass is 79.9. The van der Waals surface area contributed by atoms with E-state index in [9.17, 15) is 0 Å². The van der Waals surface area contributed by atoms with Crippen molar-refractivity contribution in [2.75, 3.05) is 13.6 Å². The molecule has 1 N–H and O–H groups in total. The first-order valence-electron chi connectivity index (χ1n) is 6.15. The molecule has 1 saturated carbocycles. The molecule has 1 spiro atoms. The number of hydrogen-bond donors (Lipinski definition) is 1. The van der Waals surface area contributed by atoms with E-state index in [1.165, 1.54) is 36.7 Å². The average Bonchev–Trinajstić information content (AvgIpc) is 2.92. The smallest absolute Gasteiger partial charge is 0.0178 e. The van der Waals surface area contributed by atoms with Crippen LogP contribution in [0.15, 0.2) is 22.7 Å². The van der Waals surface area contributed by atoms with E-state index >= 15 is 0 Å². The molecule has 2 atom stereocenters. The molecule has 86 valence electrons. The number of benzene rings is 1. The van der Waals surface area contributed by atoms with Crippen molar-refractivity contribution in [2.24, 2.45) is 11.3 Å². The van der Waals surface area contributed by atoms with Crippen molar-refractivity contribution in [1.82, 2.24) is 5.32 Å². The molecule has 1 aromatic carbocycles. The number of halogens is 1. The fraction of sp³-hybridized carbons (Fsp3) is 0.571. The zero-order valence-corrected chi connectivity index (χ0v) is 11.3. The minimum atomic E-state index is 0.657. The van der Waals surface area contributed by atoms with Gasteiger partial charge in [-0.25, -0.2) is 0 Å². The second-order valence-corrected chi connectivity index (χ2v) is 6.33. The van der Waals surface area contributed by atoms with Gasteiger partial charge in [0, 0.05) is 4.47 Å². The SMILES string of the molecule is CNCC1CC12CCc1cc(Br)ccc1C2. The van der Waals surface area contributed by atoms with Crippen LogP contribution in [0.1, 0.15) is 24.0 Å². The Kier molecular flexibility index (Phi) is 2.60. The summed E-state index contributed by atoms with van der Waals surface area (Å²) in [6.45, 7) is 1.20. The van der Waals surface area contributed by atoms with Gasteiger partial charge < -0.3 is 5.32 Å². The second kappa shape index (κ2) is 3.85. The van der Waals surface area contributed by atoms with Crippen LogP contribution in [0.25, 0.3) is 0 Å². The average molecular weight is 280 g/mol. The van der Waals surface area contributed by atoms with Gasteiger partial charge in [0.05, 0.1) is 0 Å². The summed E-state index contributed by atoms with van der Waals surface area (Å²) >= 11 is 3.56. The largest absolute Gasteiger partial charge is 0.319 e. The third kappa shape index (κ3) is 1.72. The highest BCUT2D eigenvalue weighted by Gasteiger charge is 2.53. The van der Waals surface area contributed by atoms with Crippen LogP contribution in [0.3, 0.4) is 0 Å². The lowest BCUT2D eigenvalue weighted by atomic mass is 9.80. The summed E-state index contributed by atoms with van der Waals surface area (Å²) < 4.78 is 1.23. The molecule has 16 heavy (non-hydrogen) atoms. The first-order valence-corrected chi connectivity index (χ1v) is 6.95. The molecule has 2 unspecified atom stereocenters. The van der Waals surface area contributed by atoms with Crippen molar-refractivity contribution >= 4 is 15.9 Å². The van der Waals surface area contributed by atoms with Gasteiger partial charge in [0.25, 0.3) is 0 Å². The number of hydrogen-bond acceptors (Lipinski definition) is 1. The molecule has 0 heterocycles. The van der Waals surface area contributed by atoms with E-state index in [-0.39, 0.29) is 0 Å². The van der Waals surface area contributed by atoms with Crippen LogP contribution in [0.5, 0.6) is 0 Å². The summed E-state index contributed by atoms with van der Waals surface area (Å²) in [5.74, 6) is 0.925. The van der Waals surface area contributed by atoms with Crippen LogP contribution in [0.4, 0.5) is 0 Å². The summed E-state index contributed by atoms with van der Waals surface area (Å²) in [5.41, 5.74) is 3.81.